The summed E-state index contributed by atoms with van der Waals surface area (Å²) < 4.78 is 0. The molecule has 6 heteroatoms. The summed E-state index contributed by atoms with van der Waals surface area (Å²) in [6.45, 7) is 0. The largest absolute Gasteiger partial charge is 0.372 e. The molecule has 0 heterocycles. The molecule has 0 aromatic heterocycles. The van der Waals surface area contributed by atoms with Crippen LogP contribution in [0.25, 0.3) is 0 Å². The second kappa shape index (κ2) is 13.3. The minimum atomic E-state index is -0.801. The average Bonchev–Trinajstić information content (AvgIpc) is 3.05. The third-order valence-corrected chi connectivity index (χ3v) is 7.45. The van der Waals surface area contributed by atoms with Gasteiger partial charge in [-0.15, -0.1) is 0 Å². The van der Waals surface area contributed by atoms with E-state index in [0.717, 1.165) is 11.1 Å². The van der Waals surface area contributed by atoms with E-state index < -0.39 is 22.8 Å². The number of carbonyl (C=O) groups excluding carboxylic acids is 2. The number of rotatable bonds is 12. The van der Waals surface area contributed by atoms with Crippen LogP contribution >= 0.6 is 0 Å². The van der Waals surface area contributed by atoms with Crippen LogP contribution in [0.5, 0.6) is 0 Å². The average molecular weight is 555 g/mol. The summed E-state index contributed by atoms with van der Waals surface area (Å²) in [7, 11) is 0. The summed E-state index contributed by atoms with van der Waals surface area (Å²) >= 11 is 0. The summed E-state index contributed by atoms with van der Waals surface area (Å²) in [5.41, 5.74) is 2.87. The highest BCUT2D eigenvalue weighted by atomic mass is 16.6. The van der Waals surface area contributed by atoms with Gasteiger partial charge in [0, 0.05) is 29.5 Å². The molecule has 0 bridgehead atoms. The molecule has 0 aliphatic rings. The van der Waals surface area contributed by atoms with E-state index in [1.165, 1.54) is 6.07 Å². The van der Waals surface area contributed by atoms with Crippen LogP contribution in [0.1, 0.15) is 50.2 Å². The molecule has 6 nitrogen and oxygen atoms in total. The van der Waals surface area contributed by atoms with Gasteiger partial charge in [-0.25, -0.2) is 0 Å². The molecule has 0 aliphatic heterocycles. The van der Waals surface area contributed by atoms with E-state index in [1.54, 1.807) is 42.5 Å². The molecular weight excluding hydrogens is 524 g/mol. The van der Waals surface area contributed by atoms with Crippen LogP contribution in [-0.4, -0.2) is 16.5 Å². The fourth-order valence-electron chi connectivity index (χ4n) is 5.42. The molecule has 5 aromatic rings. The third kappa shape index (κ3) is 6.50. The van der Waals surface area contributed by atoms with Crippen molar-refractivity contribution in [2.75, 3.05) is 5.32 Å². The summed E-state index contributed by atoms with van der Waals surface area (Å²) in [6.07, 6.45) is 0.0686. The Kier molecular flexibility index (Phi) is 8.94. The standard InChI is InChI=1S/C36H30N2O4/c39-33(27-17-7-2-8-18-27)25-30(26-15-5-1-6-16-26)34(36(40)29-21-11-4-12-22-29)35(28-19-9-3-10-20-28)37-31-23-13-14-24-32(31)38(41)42/h1-24,30,34-35,37H,25H2/t30-,34+,35+/m1/s1. The molecule has 208 valence electrons. The lowest BCUT2D eigenvalue weighted by Gasteiger charge is -2.34. The van der Waals surface area contributed by atoms with Gasteiger partial charge in [0.15, 0.2) is 11.6 Å². The lowest BCUT2D eigenvalue weighted by Crippen LogP contribution is -2.34. The van der Waals surface area contributed by atoms with Crippen molar-refractivity contribution in [1.29, 1.82) is 0 Å². The number of para-hydroxylation sites is 2. The van der Waals surface area contributed by atoms with Gasteiger partial charge < -0.3 is 5.32 Å². The Morgan fingerprint density at radius 3 is 1.67 bits per heavy atom. The van der Waals surface area contributed by atoms with Crippen LogP contribution in [0.3, 0.4) is 0 Å². The van der Waals surface area contributed by atoms with E-state index >= 15 is 0 Å². The van der Waals surface area contributed by atoms with E-state index in [1.807, 2.05) is 97.1 Å². The van der Waals surface area contributed by atoms with E-state index in [0.29, 0.717) is 16.8 Å². The normalized spacial score (nSPS) is 13.0. The molecule has 0 saturated carbocycles. The number of nitrogens with zero attached hydrogens (tertiary/aromatic N) is 1. The molecule has 5 aromatic carbocycles. The maximum absolute atomic E-state index is 14.6. The van der Waals surface area contributed by atoms with E-state index in [-0.39, 0.29) is 23.7 Å². The highest BCUT2D eigenvalue weighted by Gasteiger charge is 2.39. The second-order valence-corrected chi connectivity index (χ2v) is 10.1. The van der Waals surface area contributed by atoms with Gasteiger partial charge in [-0.05, 0) is 17.2 Å². The quantitative estimate of drug-likeness (QED) is 0.0952. The van der Waals surface area contributed by atoms with Crippen LogP contribution in [0.2, 0.25) is 0 Å². The lowest BCUT2D eigenvalue weighted by molar-refractivity contribution is -0.384. The molecule has 0 fully saturated rings. The Morgan fingerprint density at radius 2 is 1.10 bits per heavy atom. The predicted octanol–water partition coefficient (Wildman–Crippen LogP) is 8.30. The van der Waals surface area contributed by atoms with Crippen molar-refractivity contribution in [1.82, 2.24) is 0 Å². The summed E-state index contributed by atoms with van der Waals surface area (Å²) in [6, 6.07) is 42.7. The SMILES string of the molecule is O=C(C[C@H](c1ccccc1)[C@H](C(=O)c1ccccc1)[C@@H](Nc1ccccc1[N+](=O)[O-])c1ccccc1)c1ccccc1. The Morgan fingerprint density at radius 1 is 0.619 bits per heavy atom. The molecule has 3 atom stereocenters. The van der Waals surface area contributed by atoms with Gasteiger partial charge in [0.25, 0.3) is 5.69 Å². The Labute approximate surface area is 244 Å². The second-order valence-electron chi connectivity index (χ2n) is 10.1. The zero-order chi connectivity index (χ0) is 29.3. The molecule has 0 saturated heterocycles. The molecule has 0 spiro atoms. The minimum Gasteiger partial charge on any atom is -0.372 e. The van der Waals surface area contributed by atoms with Crippen LogP contribution in [0, 0.1) is 16.0 Å². The highest BCUT2D eigenvalue weighted by molar-refractivity contribution is 6.01. The number of nitro groups is 1. The molecule has 1 N–H and O–H groups in total. The van der Waals surface area contributed by atoms with Crippen molar-refractivity contribution in [3.63, 3.8) is 0 Å². The van der Waals surface area contributed by atoms with Gasteiger partial charge in [0.05, 0.1) is 16.9 Å². The van der Waals surface area contributed by atoms with Crippen molar-refractivity contribution in [2.24, 2.45) is 5.92 Å². The first-order valence-electron chi connectivity index (χ1n) is 13.8. The van der Waals surface area contributed by atoms with Gasteiger partial charge in [-0.3, -0.25) is 19.7 Å². The van der Waals surface area contributed by atoms with E-state index in [4.69, 9.17) is 0 Å². The first-order chi connectivity index (χ1) is 20.5. The number of Topliss-reactive ketones (excluding diaryl/α,β-unsaturated/α-hetero) is 2. The Bertz CT molecular complexity index is 1640. The number of nitro benzene ring substituents is 1. The molecule has 0 aliphatic carbocycles. The number of nitrogens with one attached hydrogen (secondary N) is 1. The van der Waals surface area contributed by atoms with Crippen LogP contribution in [0.4, 0.5) is 11.4 Å². The number of ketones is 2. The minimum absolute atomic E-state index is 0.0686. The van der Waals surface area contributed by atoms with Crippen molar-refractivity contribution in [2.45, 2.75) is 18.4 Å². The monoisotopic (exact) mass is 554 g/mol. The maximum Gasteiger partial charge on any atom is 0.292 e. The molecule has 42 heavy (non-hydrogen) atoms. The van der Waals surface area contributed by atoms with Gasteiger partial charge in [-0.2, -0.15) is 0 Å². The number of anilines is 1. The fraction of sp³-hybridized carbons (Fsp3) is 0.111. The molecule has 0 unspecified atom stereocenters. The lowest BCUT2D eigenvalue weighted by atomic mass is 9.72. The van der Waals surface area contributed by atoms with Crippen molar-refractivity contribution < 1.29 is 14.5 Å². The van der Waals surface area contributed by atoms with Crippen molar-refractivity contribution in [3.05, 3.63) is 178 Å². The maximum atomic E-state index is 14.6. The molecule has 5 rings (SSSR count). The first kappa shape index (κ1) is 28.2. The van der Waals surface area contributed by atoms with Crippen LogP contribution < -0.4 is 5.32 Å². The van der Waals surface area contributed by atoms with E-state index in [2.05, 4.69) is 5.32 Å². The summed E-state index contributed by atoms with van der Waals surface area (Å²) in [4.78, 5) is 39.9. The topological polar surface area (TPSA) is 89.3 Å². The summed E-state index contributed by atoms with van der Waals surface area (Å²) in [5.74, 6) is -1.60. The molecule has 0 amide bonds. The van der Waals surface area contributed by atoms with Crippen LogP contribution in [-0.2, 0) is 0 Å². The van der Waals surface area contributed by atoms with Gasteiger partial charge in [0.2, 0.25) is 0 Å². The zero-order valence-electron chi connectivity index (χ0n) is 22.9. The Hall–Kier alpha value is -5.36. The van der Waals surface area contributed by atoms with E-state index in [9.17, 15) is 19.7 Å². The number of carbonyl (C=O) groups is 2. The smallest absolute Gasteiger partial charge is 0.292 e. The number of hydrogen-bond acceptors (Lipinski definition) is 5. The Balaban J connectivity index is 1.70. The summed E-state index contributed by atoms with van der Waals surface area (Å²) in [5, 5.41) is 15.4. The number of hydrogen-bond donors (Lipinski definition) is 1. The van der Waals surface area contributed by atoms with Crippen LogP contribution in [0.15, 0.2) is 146 Å². The first-order valence-corrected chi connectivity index (χ1v) is 13.8. The van der Waals surface area contributed by atoms with Crippen molar-refractivity contribution >= 4 is 22.9 Å². The van der Waals surface area contributed by atoms with Crippen molar-refractivity contribution in [3.8, 4) is 0 Å². The van der Waals surface area contributed by atoms with Gasteiger partial charge in [-0.1, -0.05) is 133 Å². The molecular formula is C36H30N2O4. The highest BCUT2D eigenvalue weighted by Crippen LogP contribution is 2.42. The van der Waals surface area contributed by atoms with Gasteiger partial charge in [0.1, 0.15) is 5.69 Å². The third-order valence-electron chi connectivity index (χ3n) is 7.45. The number of benzene rings is 5. The predicted molar refractivity (Wildman–Crippen MR) is 165 cm³/mol. The molecule has 0 radical (unpaired) electrons. The zero-order valence-corrected chi connectivity index (χ0v) is 22.9. The van der Waals surface area contributed by atoms with Gasteiger partial charge >= 0.3 is 0 Å². The fourth-order valence-corrected chi connectivity index (χ4v) is 5.42.